The average molecular weight is 252 g/mol. The van der Waals surface area contributed by atoms with E-state index in [1.54, 1.807) is 13.2 Å². The van der Waals surface area contributed by atoms with Gasteiger partial charge in [-0.05, 0) is 19.4 Å². The van der Waals surface area contributed by atoms with Crippen LogP contribution in [-0.4, -0.2) is 36.9 Å². The number of ether oxygens (including phenoxy) is 1. The second-order valence-corrected chi connectivity index (χ2v) is 4.54. The number of phenolic OH excluding ortho intramolecular Hbond substituents is 1. The van der Waals surface area contributed by atoms with Gasteiger partial charge in [-0.25, -0.2) is 10.4 Å². The van der Waals surface area contributed by atoms with E-state index >= 15 is 0 Å². The van der Waals surface area contributed by atoms with Crippen LogP contribution in [0.4, 0.5) is 0 Å². The lowest BCUT2D eigenvalue weighted by Crippen LogP contribution is -2.45. The van der Waals surface area contributed by atoms with Crippen LogP contribution < -0.4 is 5.43 Å². The van der Waals surface area contributed by atoms with Gasteiger partial charge in [-0.2, -0.15) is 0 Å². The Morgan fingerprint density at radius 1 is 1.39 bits per heavy atom. The molecule has 0 bridgehead atoms. The normalized spacial score (nSPS) is 14.7. The molecule has 2 atom stereocenters. The second kappa shape index (κ2) is 7.36. The van der Waals surface area contributed by atoms with E-state index in [0.29, 0.717) is 18.4 Å². The lowest BCUT2D eigenvalue weighted by atomic mass is 10.1. The Kier molecular flexibility index (Phi) is 6.12. The van der Waals surface area contributed by atoms with Gasteiger partial charge in [-0.15, -0.1) is 0 Å². The summed E-state index contributed by atoms with van der Waals surface area (Å²) < 4.78 is 5.20. The summed E-state index contributed by atoms with van der Waals surface area (Å²) in [6.07, 6.45) is 1.00. The standard InChI is InChI=1S/C14H24N2O2/c1-5-12(10-18-4)16(3)15-11(2)13-8-6-7-9-14(13)17/h6-9,11-12,15,17H,5,10H2,1-4H3/t11?,12-/m1/s1. The van der Waals surface area contributed by atoms with Crippen LogP contribution in [0.2, 0.25) is 0 Å². The maximum atomic E-state index is 9.81. The van der Waals surface area contributed by atoms with Gasteiger partial charge < -0.3 is 9.84 Å². The Morgan fingerprint density at radius 3 is 2.61 bits per heavy atom. The maximum absolute atomic E-state index is 9.81. The van der Waals surface area contributed by atoms with Gasteiger partial charge >= 0.3 is 0 Å². The van der Waals surface area contributed by atoms with Crippen LogP contribution in [0.15, 0.2) is 24.3 Å². The quantitative estimate of drug-likeness (QED) is 0.731. The average Bonchev–Trinajstić information content (AvgIpc) is 2.36. The number of aromatic hydroxyl groups is 1. The summed E-state index contributed by atoms with van der Waals surface area (Å²) in [5.74, 6) is 0.325. The summed E-state index contributed by atoms with van der Waals surface area (Å²) >= 11 is 0. The number of nitrogens with zero attached hydrogens (tertiary/aromatic N) is 1. The molecule has 1 rings (SSSR count). The molecule has 2 N–H and O–H groups in total. The lowest BCUT2D eigenvalue weighted by molar-refractivity contribution is 0.0620. The molecule has 0 fully saturated rings. The number of likely N-dealkylation sites (N-methyl/N-ethyl adjacent to an activating group) is 1. The zero-order valence-electron chi connectivity index (χ0n) is 11.7. The molecule has 0 amide bonds. The highest BCUT2D eigenvalue weighted by atomic mass is 16.5. The Bertz CT molecular complexity index is 357. The number of hydrogen-bond donors (Lipinski definition) is 2. The zero-order valence-corrected chi connectivity index (χ0v) is 11.7. The van der Waals surface area contributed by atoms with E-state index in [1.165, 1.54) is 0 Å². The summed E-state index contributed by atoms with van der Waals surface area (Å²) in [5, 5.41) is 11.9. The predicted octanol–water partition coefficient (Wildman–Crippen LogP) is 2.31. The van der Waals surface area contributed by atoms with Crippen LogP contribution in [0.25, 0.3) is 0 Å². The van der Waals surface area contributed by atoms with E-state index in [4.69, 9.17) is 4.74 Å². The summed E-state index contributed by atoms with van der Waals surface area (Å²) in [4.78, 5) is 0. The molecule has 4 heteroatoms. The topological polar surface area (TPSA) is 44.7 Å². The molecule has 0 aliphatic carbocycles. The van der Waals surface area contributed by atoms with Crippen LogP contribution in [0.1, 0.15) is 31.9 Å². The van der Waals surface area contributed by atoms with Gasteiger partial charge in [0.2, 0.25) is 0 Å². The third-order valence-electron chi connectivity index (χ3n) is 3.18. The van der Waals surface area contributed by atoms with Crippen molar-refractivity contribution < 1.29 is 9.84 Å². The highest BCUT2D eigenvalue weighted by Crippen LogP contribution is 2.23. The first-order valence-corrected chi connectivity index (χ1v) is 6.36. The van der Waals surface area contributed by atoms with E-state index in [1.807, 2.05) is 32.2 Å². The van der Waals surface area contributed by atoms with Crippen molar-refractivity contribution in [2.24, 2.45) is 0 Å². The monoisotopic (exact) mass is 252 g/mol. The van der Waals surface area contributed by atoms with Crippen molar-refractivity contribution in [2.45, 2.75) is 32.4 Å². The molecular weight excluding hydrogens is 228 g/mol. The van der Waals surface area contributed by atoms with Gasteiger partial charge in [0.05, 0.1) is 6.61 Å². The fourth-order valence-electron chi connectivity index (χ4n) is 2.03. The Hall–Kier alpha value is -1.10. The van der Waals surface area contributed by atoms with Crippen molar-refractivity contribution in [3.8, 4) is 5.75 Å². The Morgan fingerprint density at radius 2 is 2.06 bits per heavy atom. The van der Waals surface area contributed by atoms with E-state index in [9.17, 15) is 5.11 Å². The number of para-hydroxylation sites is 1. The summed E-state index contributed by atoms with van der Waals surface area (Å²) in [7, 11) is 3.71. The van der Waals surface area contributed by atoms with Crippen LogP contribution in [0, 0.1) is 0 Å². The van der Waals surface area contributed by atoms with E-state index in [2.05, 4.69) is 17.4 Å². The van der Waals surface area contributed by atoms with Crippen molar-refractivity contribution in [2.75, 3.05) is 20.8 Å². The highest BCUT2D eigenvalue weighted by Gasteiger charge is 2.16. The van der Waals surface area contributed by atoms with Crippen LogP contribution >= 0.6 is 0 Å². The zero-order chi connectivity index (χ0) is 13.5. The number of phenols is 1. The lowest BCUT2D eigenvalue weighted by Gasteiger charge is -2.30. The number of benzene rings is 1. The molecule has 1 unspecified atom stereocenters. The van der Waals surface area contributed by atoms with Crippen molar-refractivity contribution >= 4 is 0 Å². The summed E-state index contributed by atoms with van der Waals surface area (Å²) in [6, 6.07) is 7.78. The fraction of sp³-hybridized carbons (Fsp3) is 0.571. The van der Waals surface area contributed by atoms with Gasteiger partial charge in [0, 0.05) is 31.8 Å². The first-order valence-electron chi connectivity index (χ1n) is 6.36. The molecule has 0 radical (unpaired) electrons. The molecule has 102 valence electrons. The third kappa shape index (κ3) is 3.98. The minimum Gasteiger partial charge on any atom is -0.508 e. The van der Waals surface area contributed by atoms with E-state index in [0.717, 1.165) is 12.0 Å². The molecule has 0 aromatic heterocycles. The van der Waals surface area contributed by atoms with Gasteiger partial charge in [-0.1, -0.05) is 25.1 Å². The van der Waals surface area contributed by atoms with Crippen molar-refractivity contribution in [3.63, 3.8) is 0 Å². The number of hydrazine groups is 1. The smallest absolute Gasteiger partial charge is 0.120 e. The summed E-state index contributed by atoms with van der Waals surface area (Å²) in [6.45, 7) is 4.85. The first-order chi connectivity index (χ1) is 8.60. The minimum absolute atomic E-state index is 0.0575. The van der Waals surface area contributed by atoms with Gasteiger partial charge in [0.15, 0.2) is 0 Å². The molecule has 0 spiro atoms. The second-order valence-electron chi connectivity index (χ2n) is 4.54. The largest absolute Gasteiger partial charge is 0.508 e. The molecule has 4 nitrogen and oxygen atoms in total. The molecule has 1 aromatic carbocycles. The minimum atomic E-state index is 0.0575. The summed E-state index contributed by atoms with van der Waals surface area (Å²) in [5.41, 5.74) is 4.27. The van der Waals surface area contributed by atoms with Crippen molar-refractivity contribution in [3.05, 3.63) is 29.8 Å². The molecule has 0 aliphatic heterocycles. The van der Waals surface area contributed by atoms with Crippen LogP contribution in [-0.2, 0) is 4.74 Å². The maximum Gasteiger partial charge on any atom is 0.120 e. The van der Waals surface area contributed by atoms with Gasteiger partial charge in [0.1, 0.15) is 5.75 Å². The van der Waals surface area contributed by atoms with Crippen molar-refractivity contribution in [1.82, 2.24) is 10.4 Å². The van der Waals surface area contributed by atoms with Gasteiger partial charge in [-0.3, -0.25) is 0 Å². The molecular formula is C14H24N2O2. The van der Waals surface area contributed by atoms with E-state index < -0.39 is 0 Å². The Balaban J connectivity index is 2.64. The highest BCUT2D eigenvalue weighted by molar-refractivity contribution is 5.33. The van der Waals surface area contributed by atoms with Crippen LogP contribution in [0.5, 0.6) is 5.75 Å². The molecule has 18 heavy (non-hydrogen) atoms. The number of rotatable bonds is 7. The predicted molar refractivity (Wildman–Crippen MR) is 73.4 cm³/mol. The SMILES string of the molecule is CC[C@H](COC)N(C)NC(C)c1ccccc1O. The number of hydrogen-bond acceptors (Lipinski definition) is 4. The van der Waals surface area contributed by atoms with E-state index in [-0.39, 0.29) is 6.04 Å². The molecule has 0 heterocycles. The number of nitrogens with one attached hydrogen (secondary N) is 1. The molecule has 0 aliphatic rings. The first kappa shape index (κ1) is 15.0. The van der Waals surface area contributed by atoms with Crippen molar-refractivity contribution in [1.29, 1.82) is 0 Å². The number of methoxy groups -OCH3 is 1. The van der Waals surface area contributed by atoms with Crippen LogP contribution in [0.3, 0.4) is 0 Å². The molecule has 1 aromatic rings. The molecule has 0 saturated carbocycles. The Labute approximate surface area is 110 Å². The fourth-order valence-corrected chi connectivity index (χ4v) is 2.03. The molecule has 0 saturated heterocycles. The van der Waals surface area contributed by atoms with Gasteiger partial charge in [0.25, 0.3) is 0 Å². The third-order valence-corrected chi connectivity index (χ3v) is 3.18.